The van der Waals surface area contributed by atoms with Crippen molar-refractivity contribution in [2.75, 3.05) is 26.1 Å². The summed E-state index contributed by atoms with van der Waals surface area (Å²) in [5.41, 5.74) is 2.97. The molecule has 5 heteroatoms. The van der Waals surface area contributed by atoms with Gasteiger partial charge in [-0.2, -0.15) is 0 Å². The van der Waals surface area contributed by atoms with E-state index in [1.807, 2.05) is 42.5 Å². The molecule has 0 heterocycles. The third-order valence-electron chi connectivity index (χ3n) is 4.13. The van der Waals surface area contributed by atoms with Gasteiger partial charge in [0.2, 0.25) is 0 Å². The first kappa shape index (κ1) is 19.6. The van der Waals surface area contributed by atoms with Crippen molar-refractivity contribution in [3.8, 4) is 11.5 Å². The predicted molar refractivity (Wildman–Crippen MR) is 105 cm³/mol. The van der Waals surface area contributed by atoms with Gasteiger partial charge in [0.05, 0.1) is 14.2 Å². The summed E-state index contributed by atoms with van der Waals surface area (Å²) >= 11 is 0. The molecule has 0 aliphatic carbocycles. The van der Waals surface area contributed by atoms with E-state index < -0.39 is 0 Å². The van der Waals surface area contributed by atoms with Gasteiger partial charge < -0.3 is 20.1 Å². The van der Waals surface area contributed by atoms with Crippen molar-refractivity contribution in [3.05, 3.63) is 53.6 Å². The lowest BCUT2D eigenvalue weighted by Gasteiger charge is -2.23. The summed E-state index contributed by atoms with van der Waals surface area (Å²) in [6, 6.07) is 13.4. The number of para-hydroxylation sites is 1. The van der Waals surface area contributed by atoms with E-state index in [4.69, 9.17) is 9.47 Å². The topological polar surface area (TPSA) is 59.6 Å². The zero-order valence-electron chi connectivity index (χ0n) is 16.2. The van der Waals surface area contributed by atoms with Crippen molar-refractivity contribution in [2.45, 2.75) is 32.6 Å². The average molecular weight is 356 g/mol. The van der Waals surface area contributed by atoms with E-state index in [1.54, 1.807) is 14.2 Å². The molecular weight excluding hydrogens is 328 g/mol. The molecular formula is C21H28N2O3. The average Bonchev–Trinajstić information content (AvgIpc) is 2.61. The second kappa shape index (κ2) is 8.61. The van der Waals surface area contributed by atoms with Crippen LogP contribution in [0.25, 0.3) is 0 Å². The van der Waals surface area contributed by atoms with E-state index in [0.29, 0.717) is 24.5 Å². The molecule has 2 aromatic carbocycles. The van der Waals surface area contributed by atoms with Gasteiger partial charge in [-0.3, -0.25) is 0 Å². The molecule has 0 saturated heterocycles. The molecule has 0 spiro atoms. The maximum Gasteiger partial charge on any atom is 0.319 e. The van der Waals surface area contributed by atoms with Crippen LogP contribution in [0.2, 0.25) is 0 Å². The number of urea groups is 1. The van der Waals surface area contributed by atoms with E-state index >= 15 is 0 Å². The van der Waals surface area contributed by atoms with Crippen molar-refractivity contribution >= 4 is 11.7 Å². The first-order chi connectivity index (χ1) is 12.3. The quantitative estimate of drug-likeness (QED) is 0.808. The fraction of sp³-hybridized carbons (Fsp3) is 0.381. The van der Waals surface area contributed by atoms with Crippen LogP contribution in [0.15, 0.2) is 42.5 Å². The number of anilines is 1. The highest BCUT2D eigenvalue weighted by Crippen LogP contribution is 2.29. The number of carbonyl (C=O) groups is 1. The van der Waals surface area contributed by atoms with Crippen LogP contribution in [-0.2, 0) is 11.8 Å². The van der Waals surface area contributed by atoms with Crippen LogP contribution < -0.4 is 20.1 Å². The van der Waals surface area contributed by atoms with Crippen molar-refractivity contribution in [3.63, 3.8) is 0 Å². The molecule has 5 nitrogen and oxygen atoms in total. The second-order valence-corrected chi connectivity index (χ2v) is 7.12. The Kier molecular flexibility index (Phi) is 6.50. The Morgan fingerprint density at radius 3 is 2.35 bits per heavy atom. The summed E-state index contributed by atoms with van der Waals surface area (Å²) in [5, 5.41) is 5.85. The summed E-state index contributed by atoms with van der Waals surface area (Å²) < 4.78 is 10.5. The van der Waals surface area contributed by atoms with Gasteiger partial charge in [-0.1, -0.05) is 45.0 Å². The van der Waals surface area contributed by atoms with Gasteiger partial charge in [0.25, 0.3) is 0 Å². The molecule has 26 heavy (non-hydrogen) atoms. The molecule has 0 aromatic heterocycles. The van der Waals surface area contributed by atoms with Gasteiger partial charge in [0, 0.05) is 12.2 Å². The Balaban J connectivity index is 1.92. The minimum absolute atomic E-state index is 0.0382. The Labute approximate surface area is 155 Å². The molecule has 2 rings (SSSR count). The molecule has 0 radical (unpaired) electrons. The fourth-order valence-corrected chi connectivity index (χ4v) is 2.77. The lowest BCUT2D eigenvalue weighted by molar-refractivity contribution is 0.252. The number of nitrogens with one attached hydrogen (secondary N) is 2. The maximum atomic E-state index is 12.2. The molecule has 0 aliphatic heterocycles. The van der Waals surface area contributed by atoms with Gasteiger partial charge in [-0.05, 0) is 41.2 Å². The number of carbonyl (C=O) groups excluding carboxylic acids is 1. The minimum Gasteiger partial charge on any atom is -0.493 e. The molecule has 2 aromatic rings. The van der Waals surface area contributed by atoms with E-state index in [9.17, 15) is 4.79 Å². The number of hydrogen-bond donors (Lipinski definition) is 2. The van der Waals surface area contributed by atoms with Crippen LogP contribution in [0.4, 0.5) is 10.5 Å². The highest BCUT2D eigenvalue weighted by molar-refractivity contribution is 5.90. The SMILES string of the molecule is COc1ccc(CCNC(=O)Nc2ccccc2C(C)(C)C)cc1OC. The van der Waals surface area contributed by atoms with Gasteiger partial charge >= 0.3 is 6.03 Å². The van der Waals surface area contributed by atoms with E-state index in [0.717, 1.165) is 16.8 Å². The monoisotopic (exact) mass is 356 g/mol. The van der Waals surface area contributed by atoms with Crippen LogP contribution in [0.3, 0.4) is 0 Å². The van der Waals surface area contributed by atoms with E-state index in [-0.39, 0.29) is 11.4 Å². The van der Waals surface area contributed by atoms with Crippen LogP contribution in [0.5, 0.6) is 11.5 Å². The highest BCUT2D eigenvalue weighted by atomic mass is 16.5. The largest absolute Gasteiger partial charge is 0.493 e. The van der Waals surface area contributed by atoms with Crippen LogP contribution in [0.1, 0.15) is 31.9 Å². The van der Waals surface area contributed by atoms with Crippen molar-refractivity contribution < 1.29 is 14.3 Å². The van der Waals surface area contributed by atoms with E-state index in [2.05, 4.69) is 31.4 Å². The summed E-state index contributed by atoms with van der Waals surface area (Å²) in [5.74, 6) is 1.38. The summed E-state index contributed by atoms with van der Waals surface area (Å²) in [7, 11) is 3.22. The smallest absolute Gasteiger partial charge is 0.319 e. The number of benzene rings is 2. The van der Waals surface area contributed by atoms with Crippen molar-refractivity contribution in [2.24, 2.45) is 0 Å². The minimum atomic E-state index is -0.206. The number of amides is 2. The van der Waals surface area contributed by atoms with Crippen LogP contribution in [0, 0.1) is 0 Å². The van der Waals surface area contributed by atoms with Crippen molar-refractivity contribution in [1.29, 1.82) is 0 Å². The Bertz CT molecular complexity index is 751. The van der Waals surface area contributed by atoms with Gasteiger partial charge in [0.1, 0.15) is 0 Å². The predicted octanol–water partition coefficient (Wildman–Crippen LogP) is 4.37. The first-order valence-corrected chi connectivity index (χ1v) is 8.70. The molecule has 0 unspecified atom stereocenters. The third kappa shape index (κ3) is 5.15. The Morgan fingerprint density at radius 2 is 1.69 bits per heavy atom. The molecule has 140 valence electrons. The van der Waals surface area contributed by atoms with Crippen molar-refractivity contribution in [1.82, 2.24) is 5.32 Å². The van der Waals surface area contributed by atoms with Crippen LogP contribution >= 0.6 is 0 Å². The van der Waals surface area contributed by atoms with Gasteiger partial charge in [-0.15, -0.1) is 0 Å². The Hall–Kier alpha value is -2.69. The maximum absolute atomic E-state index is 12.2. The van der Waals surface area contributed by atoms with E-state index in [1.165, 1.54) is 0 Å². The lowest BCUT2D eigenvalue weighted by Crippen LogP contribution is -2.31. The summed E-state index contributed by atoms with van der Waals surface area (Å²) in [4.78, 5) is 12.2. The summed E-state index contributed by atoms with van der Waals surface area (Å²) in [6.07, 6.45) is 0.703. The third-order valence-corrected chi connectivity index (χ3v) is 4.13. The molecule has 0 fully saturated rings. The lowest BCUT2D eigenvalue weighted by atomic mass is 9.86. The highest BCUT2D eigenvalue weighted by Gasteiger charge is 2.18. The molecule has 2 N–H and O–H groups in total. The number of ether oxygens (including phenoxy) is 2. The number of hydrogen-bond acceptors (Lipinski definition) is 3. The number of methoxy groups -OCH3 is 2. The zero-order valence-corrected chi connectivity index (χ0v) is 16.2. The standard InChI is InChI=1S/C21H28N2O3/c1-21(2,3)16-8-6-7-9-17(16)23-20(24)22-13-12-15-10-11-18(25-4)19(14-15)26-5/h6-11,14H,12-13H2,1-5H3,(H2,22,23,24). The fourth-order valence-electron chi connectivity index (χ4n) is 2.77. The zero-order chi connectivity index (χ0) is 19.2. The van der Waals surface area contributed by atoms with Gasteiger partial charge in [-0.25, -0.2) is 4.79 Å². The second-order valence-electron chi connectivity index (χ2n) is 7.12. The molecule has 0 saturated carbocycles. The molecule has 2 amide bonds. The summed E-state index contributed by atoms with van der Waals surface area (Å²) in [6.45, 7) is 6.91. The normalized spacial score (nSPS) is 11.0. The molecule has 0 bridgehead atoms. The van der Waals surface area contributed by atoms with Crippen LogP contribution in [-0.4, -0.2) is 26.8 Å². The Morgan fingerprint density at radius 1 is 1.00 bits per heavy atom. The first-order valence-electron chi connectivity index (χ1n) is 8.70. The number of rotatable bonds is 6. The van der Waals surface area contributed by atoms with Gasteiger partial charge in [0.15, 0.2) is 11.5 Å². The molecule has 0 atom stereocenters. The molecule has 0 aliphatic rings.